The van der Waals surface area contributed by atoms with Gasteiger partial charge in [0.2, 0.25) is 11.8 Å². The first-order valence-corrected chi connectivity index (χ1v) is 14.1. The highest BCUT2D eigenvalue weighted by Gasteiger charge is 2.35. The van der Waals surface area contributed by atoms with Crippen LogP contribution in [0.25, 0.3) is 0 Å². The molecule has 3 amide bonds. The van der Waals surface area contributed by atoms with Crippen LogP contribution in [0, 0.1) is 13.8 Å². The van der Waals surface area contributed by atoms with Gasteiger partial charge in [-0.05, 0) is 76.7 Å². The summed E-state index contributed by atoms with van der Waals surface area (Å²) < 4.78 is 10.3. The topological polar surface area (TPSA) is 114 Å². The lowest BCUT2D eigenvalue weighted by Gasteiger charge is -2.34. The molecule has 212 valence electrons. The summed E-state index contributed by atoms with van der Waals surface area (Å²) in [6.45, 7) is 15.0. The van der Waals surface area contributed by atoms with Crippen molar-refractivity contribution in [1.29, 1.82) is 0 Å². The Balaban J connectivity index is 3.38. The van der Waals surface area contributed by atoms with E-state index in [1.807, 2.05) is 32.2 Å². The van der Waals surface area contributed by atoms with Crippen LogP contribution in [0.15, 0.2) is 30.9 Å². The summed E-state index contributed by atoms with van der Waals surface area (Å²) in [5, 5.41) is 5.46. The van der Waals surface area contributed by atoms with E-state index in [0.29, 0.717) is 17.7 Å². The maximum Gasteiger partial charge on any atom is 0.408 e. The predicted octanol–water partition coefficient (Wildman–Crippen LogP) is 4.07. The van der Waals surface area contributed by atoms with E-state index in [2.05, 4.69) is 17.2 Å². The molecule has 1 rings (SSSR count). The van der Waals surface area contributed by atoms with Crippen molar-refractivity contribution in [2.45, 2.75) is 72.1 Å². The highest BCUT2D eigenvalue weighted by atomic mass is 32.2. The molecule has 1 aromatic rings. The number of hydrogen-bond donors (Lipinski definition) is 2. The normalized spacial score (nSPS) is 12.6. The molecule has 1 aromatic carbocycles. The first-order chi connectivity index (χ1) is 17.8. The van der Waals surface area contributed by atoms with Crippen LogP contribution in [0.1, 0.15) is 63.3 Å². The number of carbonyl (C=O) groups excluding carboxylic acids is 4. The van der Waals surface area contributed by atoms with Crippen molar-refractivity contribution in [1.82, 2.24) is 15.5 Å². The number of rotatable bonds is 14. The first-order valence-electron chi connectivity index (χ1n) is 12.7. The van der Waals surface area contributed by atoms with Gasteiger partial charge in [0.05, 0.1) is 13.0 Å². The Bertz CT molecular complexity index is 976. The summed E-state index contributed by atoms with van der Waals surface area (Å²) in [5.41, 5.74) is 1.88. The number of carbonyl (C=O) groups is 4. The zero-order valence-electron chi connectivity index (χ0n) is 23.7. The molecule has 0 fully saturated rings. The quantitative estimate of drug-likeness (QED) is 0.266. The number of hydrogen-bond acceptors (Lipinski definition) is 7. The Morgan fingerprint density at radius 1 is 1.16 bits per heavy atom. The van der Waals surface area contributed by atoms with Crippen LogP contribution in [0.5, 0.6) is 0 Å². The van der Waals surface area contributed by atoms with Crippen molar-refractivity contribution < 1.29 is 28.7 Å². The lowest BCUT2D eigenvalue weighted by Crippen LogP contribution is -2.53. The van der Waals surface area contributed by atoms with Crippen LogP contribution in [-0.2, 0) is 23.9 Å². The number of nitrogens with zero attached hydrogens (tertiary/aromatic N) is 1. The van der Waals surface area contributed by atoms with Crippen LogP contribution in [0.2, 0.25) is 0 Å². The van der Waals surface area contributed by atoms with Crippen LogP contribution < -0.4 is 10.6 Å². The smallest absolute Gasteiger partial charge is 0.408 e. The number of ether oxygens (including phenoxy) is 2. The Kier molecular flexibility index (Phi) is 14.0. The summed E-state index contributed by atoms with van der Waals surface area (Å²) >= 11 is 1.54. The van der Waals surface area contributed by atoms with Crippen molar-refractivity contribution in [3.05, 3.63) is 47.5 Å². The average Bonchev–Trinajstić information content (AvgIpc) is 2.82. The number of aryl methyl sites for hydroxylation is 2. The first kappa shape index (κ1) is 33.0. The van der Waals surface area contributed by atoms with Gasteiger partial charge in [-0.15, -0.1) is 6.58 Å². The molecule has 0 saturated carbocycles. The zero-order chi connectivity index (χ0) is 28.9. The number of thioether (sulfide) groups is 1. The van der Waals surface area contributed by atoms with E-state index in [1.54, 1.807) is 33.8 Å². The number of alkyl carbamates (subject to hydrolysis) is 1. The fraction of sp³-hybridized carbons (Fsp3) is 0.571. The predicted molar refractivity (Wildman–Crippen MR) is 151 cm³/mol. The SMILES string of the molecule is C=CCN(C(=O)C(CCSC)NC(=O)OC(C)(C)C)C(C(=O)NCCC(=O)OCC)c1ccc(C)c(C)c1. The summed E-state index contributed by atoms with van der Waals surface area (Å²) in [7, 11) is 0. The monoisotopic (exact) mass is 549 g/mol. The van der Waals surface area contributed by atoms with E-state index in [4.69, 9.17) is 9.47 Å². The summed E-state index contributed by atoms with van der Waals surface area (Å²) in [6.07, 6.45) is 3.09. The van der Waals surface area contributed by atoms with Gasteiger partial charge in [-0.1, -0.05) is 24.3 Å². The van der Waals surface area contributed by atoms with Gasteiger partial charge in [-0.3, -0.25) is 14.4 Å². The minimum atomic E-state index is -1.01. The van der Waals surface area contributed by atoms with Crippen LogP contribution >= 0.6 is 11.8 Å². The van der Waals surface area contributed by atoms with Crippen LogP contribution in [0.4, 0.5) is 4.79 Å². The zero-order valence-corrected chi connectivity index (χ0v) is 24.5. The van der Waals surface area contributed by atoms with Crippen molar-refractivity contribution in [3.63, 3.8) is 0 Å². The highest BCUT2D eigenvalue weighted by molar-refractivity contribution is 7.98. The molecule has 0 aliphatic heterocycles. The van der Waals surface area contributed by atoms with E-state index in [0.717, 1.165) is 11.1 Å². The fourth-order valence-electron chi connectivity index (χ4n) is 3.63. The molecule has 0 radical (unpaired) electrons. The maximum absolute atomic E-state index is 13.9. The number of esters is 1. The van der Waals surface area contributed by atoms with Crippen LogP contribution in [0.3, 0.4) is 0 Å². The largest absolute Gasteiger partial charge is 0.466 e. The molecule has 0 aliphatic rings. The van der Waals surface area contributed by atoms with Gasteiger partial charge >= 0.3 is 12.1 Å². The van der Waals surface area contributed by atoms with Gasteiger partial charge in [0.1, 0.15) is 17.7 Å². The van der Waals surface area contributed by atoms with E-state index in [1.165, 1.54) is 22.7 Å². The lowest BCUT2D eigenvalue weighted by atomic mass is 9.98. The molecule has 0 heterocycles. The van der Waals surface area contributed by atoms with Crippen molar-refractivity contribution in [3.8, 4) is 0 Å². The van der Waals surface area contributed by atoms with Gasteiger partial charge < -0.3 is 25.0 Å². The van der Waals surface area contributed by atoms with E-state index in [-0.39, 0.29) is 26.1 Å². The molecule has 2 atom stereocenters. The second-order valence-electron chi connectivity index (χ2n) is 9.85. The molecule has 2 N–H and O–H groups in total. The molecular formula is C28H43N3O6S. The average molecular weight is 550 g/mol. The Hall–Kier alpha value is -3.01. The second kappa shape index (κ2) is 16.1. The van der Waals surface area contributed by atoms with Crippen molar-refractivity contribution in [2.24, 2.45) is 0 Å². The molecular weight excluding hydrogens is 506 g/mol. The highest BCUT2D eigenvalue weighted by Crippen LogP contribution is 2.25. The van der Waals surface area contributed by atoms with Gasteiger partial charge in [-0.2, -0.15) is 11.8 Å². The third-order valence-corrected chi connectivity index (χ3v) is 6.19. The molecule has 2 unspecified atom stereocenters. The Labute approximate surface area is 231 Å². The van der Waals surface area contributed by atoms with E-state index >= 15 is 0 Å². The fourth-order valence-corrected chi connectivity index (χ4v) is 4.10. The standard InChI is InChI=1S/C28H43N3O6S/c1-9-16-31(26(34)22(14-17-38-8)30-27(35)37-28(5,6)7)24(21-12-11-19(3)20(4)18-21)25(33)29-15-13-23(32)36-10-2/h9,11-12,18,22,24H,1,10,13-17H2,2-8H3,(H,29,33)(H,30,35). The van der Waals surface area contributed by atoms with Gasteiger partial charge in [0.25, 0.3) is 0 Å². The van der Waals surface area contributed by atoms with Gasteiger partial charge in [-0.25, -0.2) is 4.79 Å². The summed E-state index contributed by atoms with van der Waals surface area (Å²) in [4.78, 5) is 53.2. The third-order valence-electron chi connectivity index (χ3n) is 5.55. The second-order valence-corrected chi connectivity index (χ2v) is 10.8. The van der Waals surface area contributed by atoms with E-state index < -0.39 is 41.6 Å². The minimum Gasteiger partial charge on any atom is -0.466 e. The minimum absolute atomic E-state index is 0.00514. The molecule has 9 nitrogen and oxygen atoms in total. The maximum atomic E-state index is 13.9. The molecule has 0 aliphatic carbocycles. The van der Waals surface area contributed by atoms with Gasteiger partial charge in [0, 0.05) is 13.1 Å². The third kappa shape index (κ3) is 11.2. The summed E-state index contributed by atoms with van der Waals surface area (Å²) in [6, 6.07) is 3.63. The molecule has 0 spiro atoms. The van der Waals surface area contributed by atoms with E-state index in [9.17, 15) is 19.2 Å². The number of amides is 3. The summed E-state index contributed by atoms with van der Waals surface area (Å²) in [5.74, 6) is -0.704. The lowest BCUT2D eigenvalue weighted by molar-refractivity contribution is -0.144. The van der Waals surface area contributed by atoms with Crippen molar-refractivity contribution in [2.75, 3.05) is 31.7 Å². The number of nitrogens with one attached hydrogen (secondary N) is 2. The van der Waals surface area contributed by atoms with Crippen LogP contribution in [-0.4, -0.2) is 72.1 Å². The number of benzene rings is 1. The molecule has 0 saturated heterocycles. The molecule has 0 aromatic heterocycles. The molecule has 38 heavy (non-hydrogen) atoms. The van der Waals surface area contributed by atoms with Gasteiger partial charge in [0.15, 0.2) is 0 Å². The molecule has 0 bridgehead atoms. The van der Waals surface area contributed by atoms with Crippen molar-refractivity contribution >= 4 is 35.6 Å². The molecule has 10 heteroatoms. The Morgan fingerprint density at radius 3 is 2.39 bits per heavy atom. The Morgan fingerprint density at radius 2 is 1.84 bits per heavy atom.